The third-order valence-corrected chi connectivity index (χ3v) is 3.10. The fraction of sp³-hybridized carbons (Fsp3) is 0.588. The Morgan fingerprint density at radius 1 is 1.18 bits per heavy atom. The number of ether oxygens (including phenoxy) is 2. The zero-order valence-electron chi connectivity index (χ0n) is 13.8. The summed E-state index contributed by atoms with van der Waals surface area (Å²) in [4.78, 5) is 4.35. The van der Waals surface area contributed by atoms with Crippen molar-refractivity contribution in [2.75, 3.05) is 26.4 Å². The third-order valence-electron chi connectivity index (χ3n) is 3.10. The number of nitrogens with zero attached hydrogens (tertiary/aromatic N) is 1. The van der Waals surface area contributed by atoms with Gasteiger partial charge in [-0.05, 0) is 24.5 Å². The van der Waals surface area contributed by atoms with E-state index in [0.29, 0.717) is 32.3 Å². The summed E-state index contributed by atoms with van der Waals surface area (Å²) in [7, 11) is 0. The molecular weight excluding hydrogens is 278 g/mol. The summed E-state index contributed by atoms with van der Waals surface area (Å²) in [5, 5.41) is 3.11. The number of unbranched alkanes of at least 4 members (excludes halogenated alkanes) is 1. The predicted octanol–water partition coefficient (Wildman–Crippen LogP) is 2.44. The maximum atomic E-state index is 5.83. The van der Waals surface area contributed by atoms with Gasteiger partial charge < -0.3 is 20.5 Å². The van der Waals surface area contributed by atoms with E-state index in [1.807, 2.05) is 19.1 Å². The maximum Gasteiger partial charge on any atom is 0.188 e. The Morgan fingerprint density at radius 3 is 2.73 bits per heavy atom. The molecule has 0 unspecified atom stereocenters. The van der Waals surface area contributed by atoms with Crippen LogP contribution >= 0.6 is 0 Å². The van der Waals surface area contributed by atoms with Gasteiger partial charge in [-0.15, -0.1) is 0 Å². The summed E-state index contributed by atoms with van der Waals surface area (Å²) in [6, 6.07) is 8.22. The van der Waals surface area contributed by atoms with E-state index in [1.165, 1.54) is 0 Å². The summed E-state index contributed by atoms with van der Waals surface area (Å²) in [5.74, 6) is 0.506. The highest BCUT2D eigenvalue weighted by atomic mass is 16.5. The number of hydrogen-bond donors (Lipinski definition) is 2. The van der Waals surface area contributed by atoms with Crippen molar-refractivity contribution in [3.63, 3.8) is 0 Å². The molecule has 124 valence electrons. The van der Waals surface area contributed by atoms with E-state index in [9.17, 15) is 0 Å². The predicted molar refractivity (Wildman–Crippen MR) is 90.8 cm³/mol. The van der Waals surface area contributed by atoms with Gasteiger partial charge in [0.1, 0.15) is 0 Å². The largest absolute Gasteiger partial charge is 0.379 e. The molecule has 0 bridgehead atoms. The summed E-state index contributed by atoms with van der Waals surface area (Å²) < 4.78 is 10.8. The van der Waals surface area contributed by atoms with Gasteiger partial charge in [0.2, 0.25) is 0 Å². The molecule has 0 fully saturated rings. The minimum Gasteiger partial charge on any atom is -0.379 e. The van der Waals surface area contributed by atoms with Crippen LogP contribution in [0, 0.1) is 0 Å². The van der Waals surface area contributed by atoms with Gasteiger partial charge in [0.15, 0.2) is 5.96 Å². The lowest BCUT2D eigenvalue weighted by Crippen LogP contribution is -2.32. The van der Waals surface area contributed by atoms with E-state index in [1.54, 1.807) is 0 Å². The second-order valence-electron chi connectivity index (χ2n) is 5.05. The number of aliphatic imine (C=N–C) groups is 1. The normalized spacial score (nSPS) is 11.6. The minimum absolute atomic E-state index is 0.506. The van der Waals surface area contributed by atoms with Crippen molar-refractivity contribution in [3.8, 4) is 0 Å². The molecule has 1 aromatic carbocycles. The number of nitrogens with two attached hydrogens (primary N) is 1. The molecule has 0 heterocycles. The molecule has 0 saturated heterocycles. The fourth-order valence-electron chi connectivity index (χ4n) is 1.90. The Labute approximate surface area is 133 Å². The minimum atomic E-state index is 0.506. The molecule has 1 aromatic rings. The molecule has 0 atom stereocenters. The number of rotatable bonds is 11. The Morgan fingerprint density at radius 2 is 1.95 bits per heavy atom. The molecule has 0 aromatic heterocycles. The van der Waals surface area contributed by atoms with Gasteiger partial charge in [0.25, 0.3) is 0 Å². The molecule has 0 radical (unpaired) electrons. The van der Waals surface area contributed by atoms with Gasteiger partial charge in [-0.25, -0.2) is 4.99 Å². The quantitative estimate of drug-likeness (QED) is 0.374. The van der Waals surface area contributed by atoms with Crippen molar-refractivity contribution >= 4 is 5.96 Å². The Balaban J connectivity index is 2.35. The first-order valence-corrected chi connectivity index (χ1v) is 8.03. The van der Waals surface area contributed by atoms with Crippen LogP contribution in [-0.2, 0) is 22.6 Å². The standard InChI is InChI=1S/C17H29N3O2/c1-3-5-9-19-17(18)20-13-15-7-6-8-16(12-15)14-22-11-10-21-4-2/h6-8,12H,3-5,9-11,13-14H2,1-2H3,(H3,18,19,20). The lowest BCUT2D eigenvalue weighted by atomic mass is 10.1. The van der Waals surface area contributed by atoms with Crippen LogP contribution < -0.4 is 11.1 Å². The van der Waals surface area contributed by atoms with Crippen molar-refractivity contribution in [2.24, 2.45) is 10.7 Å². The van der Waals surface area contributed by atoms with E-state index >= 15 is 0 Å². The smallest absolute Gasteiger partial charge is 0.188 e. The molecule has 0 aliphatic rings. The van der Waals surface area contributed by atoms with Crippen molar-refractivity contribution in [1.82, 2.24) is 5.32 Å². The van der Waals surface area contributed by atoms with Crippen LogP contribution in [0.3, 0.4) is 0 Å². The number of nitrogens with one attached hydrogen (secondary N) is 1. The highest BCUT2D eigenvalue weighted by Gasteiger charge is 1.98. The Bertz CT molecular complexity index is 436. The monoisotopic (exact) mass is 307 g/mol. The van der Waals surface area contributed by atoms with Crippen molar-refractivity contribution in [1.29, 1.82) is 0 Å². The zero-order chi connectivity index (χ0) is 16.0. The molecule has 0 aliphatic heterocycles. The average Bonchev–Trinajstić information content (AvgIpc) is 2.53. The molecule has 1 rings (SSSR count). The molecule has 0 amide bonds. The number of hydrogen-bond acceptors (Lipinski definition) is 3. The lowest BCUT2D eigenvalue weighted by molar-refractivity contribution is 0.0453. The molecule has 0 saturated carbocycles. The van der Waals surface area contributed by atoms with Crippen molar-refractivity contribution < 1.29 is 9.47 Å². The van der Waals surface area contributed by atoms with Gasteiger partial charge in [-0.3, -0.25) is 0 Å². The summed E-state index contributed by atoms with van der Waals surface area (Å²) >= 11 is 0. The van der Waals surface area contributed by atoms with E-state index in [0.717, 1.165) is 37.1 Å². The molecular formula is C17H29N3O2. The van der Waals surface area contributed by atoms with Crippen LogP contribution in [-0.4, -0.2) is 32.3 Å². The maximum absolute atomic E-state index is 5.83. The van der Waals surface area contributed by atoms with Crippen LogP contribution in [0.5, 0.6) is 0 Å². The van der Waals surface area contributed by atoms with Crippen LogP contribution in [0.2, 0.25) is 0 Å². The van der Waals surface area contributed by atoms with Crippen molar-refractivity contribution in [2.45, 2.75) is 39.8 Å². The first-order chi connectivity index (χ1) is 10.8. The first-order valence-electron chi connectivity index (χ1n) is 8.03. The zero-order valence-corrected chi connectivity index (χ0v) is 13.8. The first kappa shape index (κ1) is 18.5. The highest BCUT2D eigenvalue weighted by Crippen LogP contribution is 2.08. The van der Waals surface area contributed by atoms with Gasteiger partial charge >= 0.3 is 0 Å². The lowest BCUT2D eigenvalue weighted by Gasteiger charge is -2.07. The van der Waals surface area contributed by atoms with Gasteiger partial charge in [0.05, 0.1) is 26.4 Å². The summed E-state index contributed by atoms with van der Waals surface area (Å²) in [5.41, 5.74) is 8.10. The van der Waals surface area contributed by atoms with Gasteiger partial charge in [-0.1, -0.05) is 37.6 Å². The summed E-state index contributed by atoms with van der Waals surface area (Å²) in [6.45, 7) is 8.16. The van der Waals surface area contributed by atoms with Crippen LogP contribution in [0.1, 0.15) is 37.8 Å². The number of benzene rings is 1. The van der Waals surface area contributed by atoms with E-state index in [4.69, 9.17) is 15.2 Å². The average molecular weight is 307 g/mol. The molecule has 22 heavy (non-hydrogen) atoms. The van der Waals surface area contributed by atoms with Gasteiger partial charge in [-0.2, -0.15) is 0 Å². The van der Waals surface area contributed by atoms with E-state index in [2.05, 4.69) is 29.4 Å². The topological polar surface area (TPSA) is 68.9 Å². The molecule has 5 heteroatoms. The molecule has 0 aliphatic carbocycles. The summed E-state index contributed by atoms with van der Waals surface area (Å²) in [6.07, 6.45) is 2.25. The highest BCUT2D eigenvalue weighted by molar-refractivity contribution is 5.77. The molecule has 5 nitrogen and oxygen atoms in total. The fourth-order valence-corrected chi connectivity index (χ4v) is 1.90. The van der Waals surface area contributed by atoms with Crippen LogP contribution in [0.25, 0.3) is 0 Å². The van der Waals surface area contributed by atoms with Crippen LogP contribution in [0.4, 0.5) is 0 Å². The van der Waals surface area contributed by atoms with E-state index in [-0.39, 0.29) is 0 Å². The van der Waals surface area contributed by atoms with Gasteiger partial charge in [0, 0.05) is 13.2 Å². The Hall–Kier alpha value is -1.59. The number of guanidine groups is 1. The molecule has 0 spiro atoms. The van der Waals surface area contributed by atoms with Crippen molar-refractivity contribution in [3.05, 3.63) is 35.4 Å². The SMILES string of the molecule is CCCCNC(N)=NCc1cccc(COCCOCC)c1. The second-order valence-corrected chi connectivity index (χ2v) is 5.05. The van der Waals surface area contributed by atoms with Crippen LogP contribution in [0.15, 0.2) is 29.3 Å². The van der Waals surface area contributed by atoms with E-state index < -0.39 is 0 Å². The second kappa shape index (κ2) is 12.0. The molecule has 3 N–H and O–H groups in total. The third kappa shape index (κ3) is 8.64. The Kier molecular flexibility index (Phi) is 10.1.